The summed E-state index contributed by atoms with van der Waals surface area (Å²) in [6, 6.07) is 13.4. The van der Waals surface area contributed by atoms with Crippen LogP contribution in [0.15, 0.2) is 46.7 Å². The zero-order chi connectivity index (χ0) is 22.5. The standard InChI is InChI=1S/C24H26ClN3O2S2/c1-16-13-18-14-20(6-7-22(18)28(16)12-11-27-9-3-4-10-27)26-32(29,30)24-17(2)21-15-19(25)5-8-23(21)31-24/h5-8,13-15,26H,3-4,9-12H2,1-2H3. The molecule has 5 rings (SSSR count). The van der Waals surface area contributed by atoms with Crippen molar-refractivity contribution in [2.24, 2.45) is 0 Å². The van der Waals surface area contributed by atoms with Crippen molar-refractivity contribution in [3.05, 3.63) is 58.7 Å². The number of aromatic nitrogens is 1. The molecule has 0 spiro atoms. The Morgan fingerprint density at radius 2 is 1.81 bits per heavy atom. The second-order valence-electron chi connectivity index (χ2n) is 8.52. The van der Waals surface area contributed by atoms with Crippen LogP contribution in [-0.2, 0) is 16.6 Å². The zero-order valence-corrected chi connectivity index (χ0v) is 20.6. The van der Waals surface area contributed by atoms with E-state index in [9.17, 15) is 8.42 Å². The molecule has 2 aromatic heterocycles. The quantitative estimate of drug-likeness (QED) is 0.361. The van der Waals surface area contributed by atoms with Crippen molar-refractivity contribution in [2.75, 3.05) is 24.4 Å². The number of likely N-dealkylation sites (tertiary alicyclic amines) is 1. The fraction of sp³-hybridized carbons (Fsp3) is 0.333. The predicted octanol–water partition coefficient (Wildman–Crippen LogP) is 6.02. The molecule has 0 amide bonds. The first-order valence-electron chi connectivity index (χ1n) is 10.9. The van der Waals surface area contributed by atoms with Gasteiger partial charge in [-0.2, -0.15) is 0 Å². The number of sulfonamides is 1. The Hall–Kier alpha value is -2.06. The van der Waals surface area contributed by atoms with Gasteiger partial charge in [0, 0.05) is 45.1 Å². The Kier molecular flexibility index (Phi) is 5.70. The maximum Gasteiger partial charge on any atom is 0.271 e. The zero-order valence-electron chi connectivity index (χ0n) is 18.2. The summed E-state index contributed by atoms with van der Waals surface area (Å²) in [5.41, 5.74) is 3.63. The van der Waals surface area contributed by atoms with E-state index in [0.717, 1.165) is 39.6 Å². The lowest BCUT2D eigenvalue weighted by Gasteiger charge is -2.16. The number of hydrogen-bond donors (Lipinski definition) is 1. The molecule has 1 aliphatic rings. The average Bonchev–Trinajstić information content (AvgIpc) is 3.44. The maximum atomic E-state index is 13.2. The summed E-state index contributed by atoms with van der Waals surface area (Å²) in [6.07, 6.45) is 2.59. The third-order valence-corrected chi connectivity index (χ3v) is 9.81. The summed E-state index contributed by atoms with van der Waals surface area (Å²) < 4.78 is 32.7. The molecule has 0 saturated carbocycles. The van der Waals surface area contributed by atoms with Crippen LogP contribution in [0.2, 0.25) is 5.02 Å². The van der Waals surface area contributed by atoms with Crippen LogP contribution in [0, 0.1) is 13.8 Å². The Morgan fingerprint density at radius 3 is 2.59 bits per heavy atom. The molecule has 4 aromatic rings. The number of hydrogen-bond acceptors (Lipinski definition) is 4. The molecule has 0 bridgehead atoms. The smallest absolute Gasteiger partial charge is 0.271 e. The lowest BCUT2D eigenvalue weighted by molar-refractivity contribution is 0.323. The number of fused-ring (bicyclic) bond motifs is 2. The fourth-order valence-electron chi connectivity index (χ4n) is 4.65. The number of benzene rings is 2. The number of nitrogens with zero attached hydrogens (tertiary/aromatic N) is 2. The van der Waals surface area contributed by atoms with Gasteiger partial charge in [0.05, 0.1) is 0 Å². The number of thiophene rings is 1. The first-order valence-corrected chi connectivity index (χ1v) is 13.5. The largest absolute Gasteiger partial charge is 0.344 e. The van der Waals surface area contributed by atoms with Gasteiger partial charge >= 0.3 is 0 Å². The summed E-state index contributed by atoms with van der Waals surface area (Å²) >= 11 is 7.38. The van der Waals surface area contributed by atoms with Gasteiger partial charge in [-0.1, -0.05) is 11.6 Å². The Morgan fingerprint density at radius 1 is 1.03 bits per heavy atom. The van der Waals surface area contributed by atoms with Crippen molar-refractivity contribution in [1.82, 2.24) is 9.47 Å². The highest BCUT2D eigenvalue weighted by Crippen LogP contribution is 2.36. The summed E-state index contributed by atoms with van der Waals surface area (Å²) in [7, 11) is -3.70. The minimum Gasteiger partial charge on any atom is -0.344 e. The van der Waals surface area contributed by atoms with E-state index in [1.807, 2.05) is 37.3 Å². The molecule has 1 saturated heterocycles. The van der Waals surface area contributed by atoms with Gasteiger partial charge in [-0.25, -0.2) is 8.42 Å². The molecule has 0 aliphatic carbocycles. The fourth-order valence-corrected chi connectivity index (χ4v) is 7.61. The highest BCUT2D eigenvalue weighted by Gasteiger charge is 2.22. The van der Waals surface area contributed by atoms with Crippen molar-refractivity contribution in [3.63, 3.8) is 0 Å². The van der Waals surface area contributed by atoms with Crippen LogP contribution in [0.5, 0.6) is 0 Å². The van der Waals surface area contributed by atoms with E-state index < -0.39 is 10.0 Å². The van der Waals surface area contributed by atoms with Crippen molar-refractivity contribution >= 4 is 59.6 Å². The molecule has 32 heavy (non-hydrogen) atoms. The molecule has 168 valence electrons. The highest BCUT2D eigenvalue weighted by atomic mass is 35.5. The normalized spacial score (nSPS) is 15.2. The lowest BCUT2D eigenvalue weighted by atomic mass is 10.2. The molecule has 5 nitrogen and oxygen atoms in total. The van der Waals surface area contributed by atoms with Crippen LogP contribution in [0.4, 0.5) is 5.69 Å². The lowest BCUT2D eigenvalue weighted by Crippen LogP contribution is -2.24. The number of halogens is 1. The molecular formula is C24H26ClN3O2S2. The topological polar surface area (TPSA) is 54.3 Å². The molecule has 2 aromatic carbocycles. The molecule has 1 N–H and O–H groups in total. The molecular weight excluding hydrogens is 462 g/mol. The summed E-state index contributed by atoms with van der Waals surface area (Å²) in [5.74, 6) is 0. The molecule has 0 unspecified atom stereocenters. The van der Waals surface area contributed by atoms with Crippen LogP contribution in [-0.4, -0.2) is 37.5 Å². The van der Waals surface area contributed by atoms with Gasteiger partial charge < -0.3 is 9.47 Å². The van der Waals surface area contributed by atoms with Crippen LogP contribution in [0.25, 0.3) is 21.0 Å². The van der Waals surface area contributed by atoms with Gasteiger partial charge in [0.25, 0.3) is 10.0 Å². The van der Waals surface area contributed by atoms with E-state index in [0.29, 0.717) is 14.9 Å². The van der Waals surface area contributed by atoms with Crippen molar-refractivity contribution < 1.29 is 8.42 Å². The highest BCUT2D eigenvalue weighted by molar-refractivity contribution is 7.94. The van der Waals surface area contributed by atoms with E-state index in [4.69, 9.17) is 11.6 Å². The van der Waals surface area contributed by atoms with Gasteiger partial charge in [-0.05, 0) is 93.2 Å². The number of aryl methyl sites for hydroxylation is 2. The Balaban J connectivity index is 1.42. The number of anilines is 1. The first kappa shape index (κ1) is 21.8. The molecule has 0 radical (unpaired) electrons. The van der Waals surface area contributed by atoms with Crippen molar-refractivity contribution in [1.29, 1.82) is 0 Å². The van der Waals surface area contributed by atoms with Crippen LogP contribution < -0.4 is 4.72 Å². The minimum atomic E-state index is -3.70. The SMILES string of the molecule is Cc1c(S(=O)(=O)Nc2ccc3c(c2)cc(C)n3CCN2CCCC2)sc2ccc(Cl)cc12. The minimum absolute atomic E-state index is 0.328. The monoisotopic (exact) mass is 487 g/mol. The summed E-state index contributed by atoms with van der Waals surface area (Å²) in [5, 5.41) is 2.53. The third kappa shape index (κ3) is 4.03. The van der Waals surface area contributed by atoms with Gasteiger partial charge in [-0.3, -0.25) is 4.72 Å². The van der Waals surface area contributed by atoms with Gasteiger partial charge in [0.2, 0.25) is 0 Å². The summed E-state index contributed by atoms with van der Waals surface area (Å²) in [4.78, 5) is 2.51. The van der Waals surface area contributed by atoms with Gasteiger partial charge in [0.1, 0.15) is 4.21 Å². The van der Waals surface area contributed by atoms with E-state index in [2.05, 4.69) is 27.2 Å². The first-order chi connectivity index (χ1) is 15.3. The molecule has 3 heterocycles. The van der Waals surface area contributed by atoms with E-state index in [1.165, 1.54) is 43.0 Å². The average molecular weight is 488 g/mol. The Bertz CT molecular complexity index is 1420. The third-order valence-electron chi connectivity index (χ3n) is 6.30. The number of nitrogens with one attached hydrogen (secondary N) is 1. The van der Waals surface area contributed by atoms with Crippen LogP contribution >= 0.6 is 22.9 Å². The summed E-state index contributed by atoms with van der Waals surface area (Å²) in [6.45, 7) is 8.32. The molecule has 1 fully saturated rings. The van der Waals surface area contributed by atoms with Crippen LogP contribution in [0.3, 0.4) is 0 Å². The molecule has 1 aliphatic heterocycles. The maximum absolute atomic E-state index is 13.2. The molecule has 0 atom stereocenters. The molecule has 8 heteroatoms. The van der Waals surface area contributed by atoms with E-state index in [1.54, 1.807) is 6.07 Å². The van der Waals surface area contributed by atoms with E-state index >= 15 is 0 Å². The predicted molar refractivity (Wildman–Crippen MR) is 135 cm³/mol. The van der Waals surface area contributed by atoms with Gasteiger partial charge in [0.15, 0.2) is 0 Å². The van der Waals surface area contributed by atoms with E-state index in [-0.39, 0.29) is 0 Å². The van der Waals surface area contributed by atoms with Crippen molar-refractivity contribution in [2.45, 2.75) is 37.4 Å². The number of rotatable bonds is 6. The van der Waals surface area contributed by atoms with Crippen LogP contribution in [0.1, 0.15) is 24.1 Å². The Labute approximate surface area is 197 Å². The van der Waals surface area contributed by atoms with Gasteiger partial charge in [-0.15, -0.1) is 11.3 Å². The second kappa shape index (κ2) is 8.37. The van der Waals surface area contributed by atoms with Crippen molar-refractivity contribution in [3.8, 4) is 0 Å². The second-order valence-corrected chi connectivity index (χ2v) is 11.9.